The molecule has 0 N–H and O–H groups in total. The molecule has 3 aromatic rings. The molecule has 2 heterocycles. The van der Waals surface area contributed by atoms with Crippen molar-refractivity contribution in [1.29, 1.82) is 0 Å². The Morgan fingerprint density at radius 2 is 1.82 bits per heavy atom. The molecule has 1 aliphatic heterocycles. The first-order chi connectivity index (χ1) is 10.6. The van der Waals surface area contributed by atoms with E-state index in [0.29, 0.717) is 21.7 Å². The number of nitro benzene ring substituents is 1. The average Bonchev–Trinajstić information content (AvgIpc) is 2.51. The van der Waals surface area contributed by atoms with Gasteiger partial charge < -0.3 is 4.74 Å². The minimum Gasteiger partial charge on any atom is -0.386 e. The van der Waals surface area contributed by atoms with Crippen LogP contribution in [0.5, 0.6) is 0 Å². The standard InChI is InChI=1S/C15H6N2O5/c18-14-10-4-7-2-1-3-16-13(7)9-5-8(17(20)21)6-11(12(9)10)15(19)22-14/h1-6H. The number of fused-ring (bicyclic) bond motifs is 2. The first-order valence-electron chi connectivity index (χ1n) is 6.32. The summed E-state index contributed by atoms with van der Waals surface area (Å²) in [5.74, 6) is -1.65. The minimum atomic E-state index is -0.888. The maximum atomic E-state index is 11.9. The highest BCUT2D eigenvalue weighted by molar-refractivity contribution is 6.25. The van der Waals surface area contributed by atoms with Gasteiger partial charge in [0.2, 0.25) is 0 Å². The molecule has 22 heavy (non-hydrogen) atoms. The van der Waals surface area contributed by atoms with Gasteiger partial charge in [-0.05, 0) is 12.1 Å². The summed E-state index contributed by atoms with van der Waals surface area (Å²) in [6.45, 7) is 0. The number of hydrogen-bond acceptors (Lipinski definition) is 6. The second-order valence-electron chi connectivity index (χ2n) is 4.85. The molecule has 0 fully saturated rings. The number of pyridine rings is 1. The van der Waals surface area contributed by atoms with Gasteiger partial charge in [-0.15, -0.1) is 0 Å². The van der Waals surface area contributed by atoms with Gasteiger partial charge >= 0.3 is 11.9 Å². The van der Waals surface area contributed by atoms with Crippen LogP contribution in [-0.2, 0) is 4.74 Å². The molecule has 0 radical (unpaired) electrons. The molecule has 1 aromatic heterocycles. The van der Waals surface area contributed by atoms with E-state index < -0.39 is 16.9 Å². The molecular formula is C15H6N2O5. The predicted octanol–water partition coefficient (Wildman–Crippen LogP) is 2.61. The number of aromatic nitrogens is 1. The van der Waals surface area contributed by atoms with Crippen molar-refractivity contribution in [2.75, 3.05) is 0 Å². The summed E-state index contributed by atoms with van der Waals surface area (Å²) in [7, 11) is 0. The van der Waals surface area contributed by atoms with Crippen molar-refractivity contribution in [1.82, 2.24) is 4.98 Å². The minimum absolute atomic E-state index is 0.00588. The summed E-state index contributed by atoms with van der Waals surface area (Å²) in [5, 5.41) is 12.5. The van der Waals surface area contributed by atoms with Crippen LogP contribution in [0.3, 0.4) is 0 Å². The van der Waals surface area contributed by atoms with Gasteiger partial charge in [-0.2, -0.15) is 0 Å². The normalized spacial score (nSPS) is 13.5. The van der Waals surface area contributed by atoms with Crippen LogP contribution in [0.4, 0.5) is 5.69 Å². The van der Waals surface area contributed by atoms with Crippen LogP contribution in [0.15, 0.2) is 36.5 Å². The number of carbonyl (C=O) groups is 2. The Balaban J connectivity index is 2.31. The lowest BCUT2D eigenvalue weighted by Crippen LogP contribution is -2.20. The van der Waals surface area contributed by atoms with E-state index in [9.17, 15) is 19.7 Å². The highest BCUT2D eigenvalue weighted by Crippen LogP contribution is 2.36. The Kier molecular flexibility index (Phi) is 2.30. The van der Waals surface area contributed by atoms with E-state index in [0.717, 1.165) is 6.07 Å². The summed E-state index contributed by atoms with van der Waals surface area (Å²) >= 11 is 0. The van der Waals surface area contributed by atoms with E-state index in [-0.39, 0.29) is 16.8 Å². The third-order valence-corrected chi connectivity index (χ3v) is 3.62. The van der Waals surface area contributed by atoms with Gasteiger partial charge in [0.25, 0.3) is 5.69 Å². The maximum Gasteiger partial charge on any atom is 0.346 e. The molecular weight excluding hydrogens is 288 g/mol. The summed E-state index contributed by atoms with van der Waals surface area (Å²) in [5.41, 5.74) is 0.456. The summed E-state index contributed by atoms with van der Waals surface area (Å²) in [6.07, 6.45) is 1.55. The zero-order valence-electron chi connectivity index (χ0n) is 10.9. The lowest BCUT2D eigenvalue weighted by atomic mass is 9.94. The molecule has 7 heteroatoms. The number of non-ortho nitro benzene ring substituents is 1. The molecule has 7 nitrogen and oxygen atoms in total. The Hall–Kier alpha value is -3.35. The molecule has 0 amide bonds. The third kappa shape index (κ3) is 1.53. The molecule has 0 aliphatic carbocycles. The molecule has 0 bridgehead atoms. The van der Waals surface area contributed by atoms with Gasteiger partial charge in [0.15, 0.2) is 0 Å². The number of benzene rings is 2. The number of carbonyl (C=O) groups excluding carboxylic acids is 2. The van der Waals surface area contributed by atoms with Crippen molar-refractivity contribution in [3.05, 3.63) is 57.8 Å². The molecule has 4 rings (SSSR count). The Morgan fingerprint density at radius 1 is 1.09 bits per heavy atom. The number of nitro groups is 1. The number of esters is 2. The van der Waals surface area contributed by atoms with Crippen molar-refractivity contribution in [2.24, 2.45) is 0 Å². The fourth-order valence-electron chi connectivity index (χ4n) is 2.71. The molecule has 1 aliphatic rings. The van der Waals surface area contributed by atoms with E-state index in [1.54, 1.807) is 24.4 Å². The van der Waals surface area contributed by atoms with E-state index in [1.165, 1.54) is 6.07 Å². The fraction of sp³-hybridized carbons (Fsp3) is 0. The van der Waals surface area contributed by atoms with Crippen molar-refractivity contribution in [3.63, 3.8) is 0 Å². The topological polar surface area (TPSA) is 99.4 Å². The molecule has 0 spiro atoms. The number of nitrogens with zero attached hydrogens (tertiary/aromatic N) is 2. The molecule has 0 unspecified atom stereocenters. The quantitative estimate of drug-likeness (QED) is 0.225. The first-order valence-corrected chi connectivity index (χ1v) is 6.32. The summed E-state index contributed by atoms with van der Waals surface area (Å²) in [4.78, 5) is 38.6. The van der Waals surface area contributed by atoms with Crippen LogP contribution in [0.1, 0.15) is 20.7 Å². The van der Waals surface area contributed by atoms with E-state index >= 15 is 0 Å². The van der Waals surface area contributed by atoms with Crippen LogP contribution >= 0.6 is 0 Å². The Morgan fingerprint density at radius 3 is 2.55 bits per heavy atom. The first kappa shape index (κ1) is 12.4. The molecule has 0 saturated carbocycles. The average molecular weight is 294 g/mol. The number of hydrogen-bond donors (Lipinski definition) is 0. The highest BCUT2D eigenvalue weighted by Gasteiger charge is 2.30. The lowest BCUT2D eigenvalue weighted by Gasteiger charge is -2.16. The largest absolute Gasteiger partial charge is 0.386 e. The van der Waals surface area contributed by atoms with E-state index in [4.69, 9.17) is 0 Å². The predicted molar refractivity (Wildman–Crippen MR) is 75.6 cm³/mol. The van der Waals surface area contributed by atoms with Gasteiger partial charge in [0.05, 0.1) is 21.6 Å². The van der Waals surface area contributed by atoms with Crippen molar-refractivity contribution < 1.29 is 19.2 Å². The van der Waals surface area contributed by atoms with Crippen LogP contribution in [0.2, 0.25) is 0 Å². The molecule has 2 aromatic carbocycles. The third-order valence-electron chi connectivity index (χ3n) is 3.62. The second-order valence-corrected chi connectivity index (χ2v) is 4.85. The van der Waals surface area contributed by atoms with Crippen LogP contribution in [0.25, 0.3) is 21.7 Å². The van der Waals surface area contributed by atoms with E-state index in [2.05, 4.69) is 9.72 Å². The zero-order chi connectivity index (χ0) is 15.4. The SMILES string of the molecule is O=C1OC(=O)c2cc3cccnc3c3cc([N+](=O)[O-])cc1c23. The number of cyclic esters (lactones) is 2. The van der Waals surface area contributed by atoms with Gasteiger partial charge in [-0.3, -0.25) is 15.1 Å². The van der Waals surface area contributed by atoms with Gasteiger partial charge in [0, 0.05) is 34.5 Å². The van der Waals surface area contributed by atoms with Crippen LogP contribution in [-0.4, -0.2) is 21.8 Å². The van der Waals surface area contributed by atoms with Gasteiger partial charge in [0.1, 0.15) is 0 Å². The van der Waals surface area contributed by atoms with Crippen molar-refractivity contribution in [2.45, 2.75) is 0 Å². The molecule has 0 saturated heterocycles. The van der Waals surface area contributed by atoms with Gasteiger partial charge in [-0.1, -0.05) is 6.07 Å². The summed E-state index contributed by atoms with van der Waals surface area (Å²) in [6, 6.07) is 7.45. The van der Waals surface area contributed by atoms with Crippen LogP contribution < -0.4 is 0 Å². The molecule has 0 atom stereocenters. The monoisotopic (exact) mass is 294 g/mol. The highest BCUT2D eigenvalue weighted by atomic mass is 16.6. The fourth-order valence-corrected chi connectivity index (χ4v) is 2.71. The number of ether oxygens (including phenoxy) is 1. The number of rotatable bonds is 1. The van der Waals surface area contributed by atoms with E-state index in [1.807, 2.05) is 0 Å². The maximum absolute atomic E-state index is 11.9. The summed E-state index contributed by atoms with van der Waals surface area (Å²) < 4.78 is 4.67. The van der Waals surface area contributed by atoms with Gasteiger partial charge in [-0.25, -0.2) is 9.59 Å². The lowest BCUT2D eigenvalue weighted by molar-refractivity contribution is -0.384. The smallest absolute Gasteiger partial charge is 0.346 e. The Labute approximate surface area is 122 Å². The second kappa shape index (κ2) is 4.08. The zero-order valence-corrected chi connectivity index (χ0v) is 10.9. The van der Waals surface area contributed by atoms with Crippen molar-refractivity contribution >= 4 is 39.3 Å². The molecule has 106 valence electrons. The Bertz CT molecular complexity index is 1030. The van der Waals surface area contributed by atoms with Crippen molar-refractivity contribution in [3.8, 4) is 0 Å². The van der Waals surface area contributed by atoms with Crippen LogP contribution in [0, 0.1) is 10.1 Å².